The van der Waals surface area contributed by atoms with Crippen LogP contribution in [0.2, 0.25) is 5.15 Å². The van der Waals surface area contributed by atoms with Crippen LogP contribution in [0.4, 0.5) is 5.82 Å². The number of nitrogens with one attached hydrogen (secondary N) is 1. The average Bonchev–Trinajstić information content (AvgIpc) is 2.55. The van der Waals surface area contributed by atoms with E-state index in [1.807, 2.05) is 49.0 Å². The SMILES string of the molecule is CNc1c(Cl)nc(-c2ccccc2)n1C. The number of aromatic nitrogens is 2. The molecule has 1 N–H and O–H groups in total. The number of imidazole rings is 1. The molecule has 0 spiro atoms. The van der Waals surface area contributed by atoms with E-state index >= 15 is 0 Å². The van der Waals surface area contributed by atoms with Gasteiger partial charge in [0.1, 0.15) is 11.6 Å². The molecule has 0 saturated heterocycles. The number of anilines is 1. The van der Waals surface area contributed by atoms with E-state index in [1.165, 1.54) is 0 Å². The van der Waals surface area contributed by atoms with Gasteiger partial charge in [-0.25, -0.2) is 4.98 Å². The molecule has 1 heterocycles. The number of rotatable bonds is 2. The normalized spacial score (nSPS) is 10.3. The van der Waals surface area contributed by atoms with Crippen molar-refractivity contribution in [2.24, 2.45) is 7.05 Å². The van der Waals surface area contributed by atoms with Crippen molar-refractivity contribution in [1.29, 1.82) is 0 Å². The molecule has 0 unspecified atom stereocenters. The van der Waals surface area contributed by atoms with Gasteiger partial charge in [0.25, 0.3) is 0 Å². The summed E-state index contributed by atoms with van der Waals surface area (Å²) >= 11 is 6.01. The Labute approximate surface area is 93.7 Å². The zero-order chi connectivity index (χ0) is 10.8. The summed E-state index contributed by atoms with van der Waals surface area (Å²) in [4.78, 5) is 4.32. The van der Waals surface area contributed by atoms with E-state index in [9.17, 15) is 0 Å². The fourth-order valence-corrected chi connectivity index (χ4v) is 1.88. The minimum atomic E-state index is 0.499. The highest BCUT2D eigenvalue weighted by Crippen LogP contribution is 2.27. The largest absolute Gasteiger partial charge is 0.372 e. The lowest BCUT2D eigenvalue weighted by atomic mass is 10.2. The molecule has 0 saturated carbocycles. The van der Waals surface area contributed by atoms with Crippen LogP contribution in [0.5, 0.6) is 0 Å². The Morgan fingerprint density at radius 3 is 2.47 bits per heavy atom. The molecular weight excluding hydrogens is 210 g/mol. The van der Waals surface area contributed by atoms with Gasteiger partial charge in [-0.1, -0.05) is 41.9 Å². The Hall–Kier alpha value is -1.48. The van der Waals surface area contributed by atoms with Crippen molar-refractivity contribution >= 4 is 17.4 Å². The smallest absolute Gasteiger partial charge is 0.171 e. The number of nitrogens with zero attached hydrogens (tertiary/aromatic N) is 2. The second kappa shape index (κ2) is 3.95. The Kier molecular flexibility index (Phi) is 2.64. The summed E-state index contributed by atoms with van der Waals surface area (Å²) in [6.45, 7) is 0. The Bertz CT molecular complexity index is 462. The van der Waals surface area contributed by atoms with Gasteiger partial charge in [0.05, 0.1) is 0 Å². The van der Waals surface area contributed by atoms with E-state index in [1.54, 1.807) is 0 Å². The molecular formula is C11H12ClN3. The molecule has 0 radical (unpaired) electrons. The van der Waals surface area contributed by atoms with Crippen molar-refractivity contribution < 1.29 is 0 Å². The minimum absolute atomic E-state index is 0.499. The van der Waals surface area contributed by atoms with Crippen LogP contribution in [0.1, 0.15) is 0 Å². The predicted molar refractivity (Wildman–Crippen MR) is 63.2 cm³/mol. The van der Waals surface area contributed by atoms with Crippen LogP contribution in [0, 0.1) is 0 Å². The second-order valence-electron chi connectivity index (χ2n) is 3.25. The highest BCUT2D eigenvalue weighted by atomic mass is 35.5. The van der Waals surface area contributed by atoms with Crippen LogP contribution in [0.3, 0.4) is 0 Å². The van der Waals surface area contributed by atoms with Gasteiger partial charge in [-0.05, 0) is 0 Å². The lowest BCUT2D eigenvalue weighted by Gasteiger charge is -2.04. The van der Waals surface area contributed by atoms with Gasteiger partial charge in [-0.3, -0.25) is 0 Å². The maximum atomic E-state index is 6.01. The monoisotopic (exact) mass is 221 g/mol. The third-order valence-corrected chi connectivity index (χ3v) is 2.58. The molecule has 0 aliphatic heterocycles. The molecule has 3 nitrogen and oxygen atoms in total. The van der Waals surface area contributed by atoms with Gasteiger partial charge >= 0.3 is 0 Å². The first kappa shape index (κ1) is 10.1. The first-order chi connectivity index (χ1) is 7.24. The third-order valence-electron chi connectivity index (χ3n) is 2.32. The van der Waals surface area contributed by atoms with Gasteiger partial charge in [-0.15, -0.1) is 0 Å². The van der Waals surface area contributed by atoms with E-state index in [-0.39, 0.29) is 0 Å². The average molecular weight is 222 g/mol. The van der Waals surface area contributed by atoms with Crippen molar-refractivity contribution in [3.63, 3.8) is 0 Å². The first-order valence-corrected chi connectivity index (χ1v) is 5.07. The molecule has 78 valence electrons. The lowest BCUT2D eigenvalue weighted by Crippen LogP contribution is -1.98. The molecule has 0 atom stereocenters. The summed E-state index contributed by atoms with van der Waals surface area (Å²) in [6.07, 6.45) is 0. The Morgan fingerprint density at radius 2 is 1.93 bits per heavy atom. The van der Waals surface area contributed by atoms with Crippen LogP contribution >= 0.6 is 11.6 Å². The molecule has 1 aromatic carbocycles. The van der Waals surface area contributed by atoms with Gasteiger partial charge in [0, 0.05) is 19.7 Å². The summed E-state index contributed by atoms with van der Waals surface area (Å²) in [5.41, 5.74) is 1.06. The highest BCUT2D eigenvalue weighted by Gasteiger charge is 2.12. The predicted octanol–water partition coefficient (Wildman–Crippen LogP) is 2.78. The fourth-order valence-electron chi connectivity index (χ4n) is 1.58. The highest BCUT2D eigenvalue weighted by molar-refractivity contribution is 6.32. The van der Waals surface area contributed by atoms with Crippen molar-refractivity contribution in [3.05, 3.63) is 35.5 Å². The molecule has 1 aromatic heterocycles. The fraction of sp³-hybridized carbons (Fsp3) is 0.182. The van der Waals surface area contributed by atoms with Crippen molar-refractivity contribution in [3.8, 4) is 11.4 Å². The van der Waals surface area contributed by atoms with Crippen molar-refractivity contribution in [2.45, 2.75) is 0 Å². The van der Waals surface area contributed by atoms with E-state index < -0.39 is 0 Å². The standard InChI is InChI=1S/C11H12ClN3/c1-13-11-9(12)14-10(15(11)2)8-6-4-3-5-7-8/h3-7,13H,1-2H3. The molecule has 0 amide bonds. The molecule has 0 fully saturated rings. The van der Waals surface area contributed by atoms with Crippen LogP contribution in [-0.2, 0) is 7.05 Å². The molecule has 2 rings (SSSR count). The Balaban J connectivity index is 2.55. The molecule has 15 heavy (non-hydrogen) atoms. The summed E-state index contributed by atoms with van der Waals surface area (Å²) < 4.78 is 1.94. The van der Waals surface area contributed by atoms with Gasteiger partial charge in [0.2, 0.25) is 0 Å². The van der Waals surface area contributed by atoms with Gasteiger partial charge in [0.15, 0.2) is 5.15 Å². The quantitative estimate of drug-likeness (QED) is 0.845. The van der Waals surface area contributed by atoms with Crippen LogP contribution in [0.15, 0.2) is 30.3 Å². The number of hydrogen-bond acceptors (Lipinski definition) is 2. The minimum Gasteiger partial charge on any atom is -0.372 e. The zero-order valence-electron chi connectivity index (χ0n) is 8.66. The van der Waals surface area contributed by atoms with Crippen molar-refractivity contribution in [2.75, 3.05) is 12.4 Å². The molecule has 0 bridgehead atoms. The van der Waals surface area contributed by atoms with E-state index in [0.717, 1.165) is 17.2 Å². The maximum Gasteiger partial charge on any atom is 0.171 e. The maximum absolute atomic E-state index is 6.01. The Morgan fingerprint density at radius 1 is 1.27 bits per heavy atom. The van der Waals surface area contributed by atoms with Crippen LogP contribution in [0.25, 0.3) is 11.4 Å². The molecule has 0 aliphatic carbocycles. The molecule has 4 heteroatoms. The zero-order valence-corrected chi connectivity index (χ0v) is 9.42. The number of benzene rings is 1. The summed E-state index contributed by atoms with van der Waals surface area (Å²) in [6, 6.07) is 9.97. The van der Waals surface area contributed by atoms with Crippen molar-refractivity contribution in [1.82, 2.24) is 9.55 Å². The molecule has 0 aliphatic rings. The van der Waals surface area contributed by atoms with Gasteiger partial charge in [-0.2, -0.15) is 0 Å². The number of halogens is 1. The lowest BCUT2D eigenvalue weighted by molar-refractivity contribution is 0.929. The van der Waals surface area contributed by atoms with E-state index in [0.29, 0.717) is 5.15 Å². The first-order valence-electron chi connectivity index (χ1n) is 4.69. The van der Waals surface area contributed by atoms with Crippen LogP contribution in [-0.4, -0.2) is 16.6 Å². The summed E-state index contributed by atoms with van der Waals surface area (Å²) in [5.74, 6) is 1.69. The van der Waals surface area contributed by atoms with Gasteiger partial charge < -0.3 is 9.88 Å². The van der Waals surface area contributed by atoms with E-state index in [4.69, 9.17) is 11.6 Å². The van der Waals surface area contributed by atoms with Crippen LogP contribution < -0.4 is 5.32 Å². The summed E-state index contributed by atoms with van der Waals surface area (Å²) in [5, 5.41) is 3.52. The molecule has 2 aromatic rings. The van der Waals surface area contributed by atoms with E-state index in [2.05, 4.69) is 10.3 Å². The second-order valence-corrected chi connectivity index (χ2v) is 3.61. The summed E-state index contributed by atoms with van der Waals surface area (Å²) in [7, 11) is 3.77. The third kappa shape index (κ3) is 1.70. The number of hydrogen-bond donors (Lipinski definition) is 1. The topological polar surface area (TPSA) is 29.9 Å².